The van der Waals surface area contributed by atoms with Crippen molar-refractivity contribution in [3.05, 3.63) is 0 Å². The van der Waals surface area contributed by atoms with Crippen molar-refractivity contribution in [1.82, 2.24) is 16.0 Å². The van der Waals surface area contributed by atoms with E-state index < -0.39 is 60.2 Å². The van der Waals surface area contributed by atoms with Crippen LogP contribution in [0.3, 0.4) is 0 Å². The van der Waals surface area contributed by atoms with Crippen molar-refractivity contribution in [3.8, 4) is 0 Å². The normalized spacial score (nSPS) is 15.8. The number of carbonyl (C=O) groups excluding carboxylic acids is 3. The lowest BCUT2D eigenvalue weighted by atomic mass is 9.99. The van der Waals surface area contributed by atoms with Gasteiger partial charge >= 0.3 is 11.9 Å². The van der Waals surface area contributed by atoms with E-state index in [0.717, 1.165) is 0 Å². The van der Waals surface area contributed by atoms with Gasteiger partial charge in [0.2, 0.25) is 17.7 Å². The van der Waals surface area contributed by atoms with Crippen LogP contribution in [0.15, 0.2) is 0 Å². The van der Waals surface area contributed by atoms with Gasteiger partial charge in [-0.2, -0.15) is 25.3 Å². The molecule has 5 atom stereocenters. The first kappa shape index (κ1) is 28.0. The van der Waals surface area contributed by atoms with Crippen molar-refractivity contribution in [2.24, 2.45) is 11.7 Å². The van der Waals surface area contributed by atoms with Gasteiger partial charge in [0.05, 0.1) is 6.04 Å². The summed E-state index contributed by atoms with van der Waals surface area (Å²) in [5.74, 6) is -5.20. The number of nitrogens with one attached hydrogen (secondary N) is 3. The fraction of sp³-hybridized carbons (Fsp3) is 0.706. The van der Waals surface area contributed by atoms with E-state index >= 15 is 0 Å². The van der Waals surface area contributed by atoms with E-state index in [1.165, 1.54) is 0 Å². The third kappa shape index (κ3) is 9.67. The lowest BCUT2D eigenvalue weighted by Crippen LogP contribution is -2.58. The van der Waals surface area contributed by atoms with Crippen molar-refractivity contribution in [2.45, 2.75) is 57.3 Å². The molecule has 0 aliphatic carbocycles. The molecular formula is C17H30N4O7S2. The van der Waals surface area contributed by atoms with Gasteiger partial charge in [0.15, 0.2) is 0 Å². The first-order chi connectivity index (χ1) is 14.0. The second-order valence-corrected chi connectivity index (χ2v) is 7.46. The highest BCUT2D eigenvalue weighted by Gasteiger charge is 2.30. The standard InChI is InChI=1S/C17H30N4O7S2/c1-3-8(2)13(18)16(26)20-10(6-29)15(25)19-9(4-5-12(22)23)14(24)21-11(7-30)17(27)28/h8-11,13,29-30H,3-7,18H2,1-2H3,(H,19,25)(H,20,26)(H,21,24)(H,22,23)(H,27,28). The van der Waals surface area contributed by atoms with Gasteiger partial charge in [-0.25, -0.2) is 4.79 Å². The topological polar surface area (TPSA) is 188 Å². The van der Waals surface area contributed by atoms with Gasteiger partial charge in [-0.05, 0) is 12.3 Å². The maximum Gasteiger partial charge on any atom is 0.327 e. The number of thiol groups is 2. The van der Waals surface area contributed by atoms with E-state index in [9.17, 15) is 24.0 Å². The van der Waals surface area contributed by atoms with E-state index in [0.29, 0.717) is 6.42 Å². The zero-order valence-electron chi connectivity index (χ0n) is 16.8. The van der Waals surface area contributed by atoms with Gasteiger partial charge in [-0.3, -0.25) is 19.2 Å². The smallest absolute Gasteiger partial charge is 0.327 e. The molecule has 11 nitrogen and oxygen atoms in total. The Labute approximate surface area is 185 Å². The Morgan fingerprint density at radius 3 is 1.77 bits per heavy atom. The van der Waals surface area contributed by atoms with Gasteiger partial charge in [-0.1, -0.05) is 20.3 Å². The van der Waals surface area contributed by atoms with E-state index in [1.54, 1.807) is 6.92 Å². The Kier molecular flexibility index (Phi) is 13.2. The van der Waals surface area contributed by atoms with E-state index in [-0.39, 0.29) is 23.8 Å². The fourth-order valence-electron chi connectivity index (χ4n) is 2.24. The van der Waals surface area contributed by atoms with Crippen molar-refractivity contribution in [2.75, 3.05) is 11.5 Å². The molecule has 0 aliphatic rings. The van der Waals surface area contributed by atoms with Gasteiger partial charge < -0.3 is 31.9 Å². The number of nitrogens with two attached hydrogens (primary N) is 1. The van der Waals surface area contributed by atoms with E-state index in [2.05, 4.69) is 41.2 Å². The highest BCUT2D eigenvalue weighted by molar-refractivity contribution is 7.80. The van der Waals surface area contributed by atoms with Gasteiger partial charge in [0.1, 0.15) is 18.1 Å². The van der Waals surface area contributed by atoms with Crippen LogP contribution in [0.5, 0.6) is 0 Å². The van der Waals surface area contributed by atoms with Crippen LogP contribution in [0.25, 0.3) is 0 Å². The SMILES string of the molecule is CCC(C)C(N)C(=O)NC(CS)C(=O)NC(CCC(=O)O)C(=O)NC(CS)C(=O)O. The third-order valence-electron chi connectivity index (χ3n) is 4.45. The van der Waals surface area contributed by atoms with Crippen LogP contribution in [0, 0.1) is 5.92 Å². The number of aliphatic carboxylic acids is 2. The van der Waals surface area contributed by atoms with Crippen LogP contribution in [0.2, 0.25) is 0 Å². The minimum atomic E-state index is -1.34. The molecule has 3 amide bonds. The summed E-state index contributed by atoms with van der Waals surface area (Å²) >= 11 is 7.87. The molecule has 0 fully saturated rings. The lowest BCUT2D eigenvalue weighted by molar-refractivity contribution is -0.142. The number of carboxylic acids is 2. The molecule has 0 spiro atoms. The molecular weight excluding hydrogens is 436 g/mol. The molecule has 0 rings (SSSR count). The summed E-state index contributed by atoms with van der Waals surface area (Å²) in [6.45, 7) is 3.65. The highest BCUT2D eigenvalue weighted by Crippen LogP contribution is 2.06. The number of hydrogen-bond donors (Lipinski definition) is 8. The highest BCUT2D eigenvalue weighted by atomic mass is 32.1. The van der Waals surface area contributed by atoms with Gasteiger partial charge in [0, 0.05) is 17.9 Å². The largest absolute Gasteiger partial charge is 0.481 e. The molecule has 13 heteroatoms. The number of rotatable bonds is 14. The number of hydrogen-bond acceptors (Lipinski definition) is 8. The minimum Gasteiger partial charge on any atom is -0.481 e. The quantitative estimate of drug-likeness (QED) is 0.144. The maximum absolute atomic E-state index is 12.5. The number of carboxylic acid groups (broad SMARTS) is 2. The first-order valence-corrected chi connectivity index (χ1v) is 10.6. The van der Waals surface area contributed by atoms with Crippen LogP contribution in [0.4, 0.5) is 0 Å². The molecule has 0 aliphatic heterocycles. The average molecular weight is 467 g/mol. The zero-order chi connectivity index (χ0) is 23.4. The van der Waals surface area contributed by atoms with Crippen molar-refractivity contribution >= 4 is 54.9 Å². The number of amides is 3. The summed E-state index contributed by atoms with van der Waals surface area (Å²) < 4.78 is 0. The molecule has 0 saturated heterocycles. The summed E-state index contributed by atoms with van der Waals surface area (Å²) in [7, 11) is 0. The summed E-state index contributed by atoms with van der Waals surface area (Å²) in [5, 5.41) is 24.9. The van der Waals surface area contributed by atoms with Crippen molar-refractivity contribution in [1.29, 1.82) is 0 Å². The summed E-state index contributed by atoms with van der Waals surface area (Å²) in [6, 6.07) is -4.63. The van der Waals surface area contributed by atoms with Crippen LogP contribution >= 0.6 is 25.3 Å². The average Bonchev–Trinajstić information content (AvgIpc) is 2.70. The summed E-state index contributed by atoms with van der Waals surface area (Å²) in [4.78, 5) is 59.1. The van der Waals surface area contributed by atoms with Gasteiger partial charge in [0.25, 0.3) is 0 Å². The van der Waals surface area contributed by atoms with E-state index in [4.69, 9.17) is 15.9 Å². The summed E-state index contributed by atoms with van der Waals surface area (Å²) in [6.07, 6.45) is -0.0845. The zero-order valence-corrected chi connectivity index (χ0v) is 18.6. The van der Waals surface area contributed by atoms with Crippen LogP contribution in [0.1, 0.15) is 33.1 Å². The second-order valence-electron chi connectivity index (χ2n) is 6.73. The molecule has 0 heterocycles. The van der Waals surface area contributed by atoms with Gasteiger partial charge in [-0.15, -0.1) is 0 Å². The monoisotopic (exact) mass is 466 g/mol. The fourth-order valence-corrected chi connectivity index (χ4v) is 2.75. The Morgan fingerprint density at radius 1 is 0.867 bits per heavy atom. The maximum atomic E-state index is 12.5. The molecule has 0 aromatic heterocycles. The summed E-state index contributed by atoms with van der Waals surface area (Å²) in [5.41, 5.74) is 5.84. The lowest BCUT2D eigenvalue weighted by Gasteiger charge is -2.25. The van der Waals surface area contributed by atoms with Crippen LogP contribution in [-0.4, -0.2) is 75.5 Å². The van der Waals surface area contributed by atoms with Crippen molar-refractivity contribution < 1.29 is 34.2 Å². The Bertz CT molecular complexity index is 635. The Balaban J connectivity index is 5.26. The minimum absolute atomic E-state index is 0.105. The van der Waals surface area contributed by atoms with E-state index in [1.807, 2.05) is 6.92 Å². The molecule has 0 bridgehead atoms. The van der Waals surface area contributed by atoms with Crippen LogP contribution in [-0.2, 0) is 24.0 Å². The Morgan fingerprint density at radius 2 is 1.33 bits per heavy atom. The molecule has 5 unspecified atom stereocenters. The predicted octanol–water partition coefficient (Wildman–Crippen LogP) is -1.38. The molecule has 172 valence electrons. The van der Waals surface area contributed by atoms with Crippen LogP contribution < -0.4 is 21.7 Å². The second kappa shape index (κ2) is 14.1. The number of carbonyl (C=O) groups is 5. The molecule has 0 radical (unpaired) electrons. The molecule has 7 N–H and O–H groups in total. The first-order valence-electron chi connectivity index (χ1n) is 9.31. The van der Waals surface area contributed by atoms with Crippen molar-refractivity contribution in [3.63, 3.8) is 0 Å². The third-order valence-corrected chi connectivity index (χ3v) is 5.18. The predicted molar refractivity (Wildman–Crippen MR) is 115 cm³/mol. The molecule has 30 heavy (non-hydrogen) atoms. The molecule has 0 aromatic rings. The molecule has 0 saturated carbocycles. The molecule has 0 aromatic carbocycles. The Hall–Kier alpha value is -1.99.